The zero-order valence-corrected chi connectivity index (χ0v) is 13.0. The van der Waals surface area contributed by atoms with E-state index in [0.717, 1.165) is 38.3 Å². The van der Waals surface area contributed by atoms with Gasteiger partial charge >= 0.3 is 0 Å². The topological polar surface area (TPSA) is 65.7 Å². The third kappa shape index (κ3) is 3.66. The Morgan fingerprint density at radius 1 is 1.33 bits per heavy atom. The van der Waals surface area contributed by atoms with Crippen molar-refractivity contribution in [3.05, 3.63) is 27.7 Å². The Morgan fingerprint density at radius 3 is 2.57 bits per heavy atom. The number of aromatic hydroxyl groups is 1. The molecule has 1 aliphatic rings. The summed E-state index contributed by atoms with van der Waals surface area (Å²) in [5.74, 6) is 0.579. The third-order valence-corrected chi connectivity index (χ3v) is 4.34. The Morgan fingerprint density at radius 2 is 2.00 bits per heavy atom. The van der Waals surface area contributed by atoms with Crippen LogP contribution >= 0.6 is 0 Å². The summed E-state index contributed by atoms with van der Waals surface area (Å²) >= 11 is 0. The normalized spacial score (nSPS) is 17.3. The minimum Gasteiger partial charge on any atom is -0.503 e. The van der Waals surface area contributed by atoms with Gasteiger partial charge in [0.05, 0.1) is 12.3 Å². The van der Waals surface area contributed by atoms with Gasteiger partial charge in [0.15, 0.2) is 5.75 Å². The number of aromatic nitrogens is 1. The standard InChI is InChI=1S/C16H26N2O3/c1-3-6-18-13(11-19)9-15(20)16(21)14(18)10-17-7-4-12(2)5-8-17/h9,12,19,21H,3-8,10-11H2,1-2H3. The number of aliphatic hydroxyl groups excluding tert-OH is 1. The van der Waals surface area contributed by atoms with Gasteiger partial charge in [-0.15, -0.1) is 0 Å². The highest BCUT2D eigenvalue weighted by Gasteiger charge is 2.20. The molecule has 21 heavy (non-hydrogen) atoms. The molecule has 0 saturated carbocycles. The molecule has 0 radical (unpaired) electrons. The first-order chi connectivity index (χ1) is 10.1. The molecular weight excluding hydrogens is 268 g/mol. The van der Waals surface area contributed by atoms with Crippen molar-refractivity contribution in [3.63, 3.8) is 0 Å². The number of aliphatic hydroxyl groups is 1. The maximum atomic E-state index is 11.9. The Kier molecular flexibility index (Phi) is 5.42. The zero-order chi connectivity index (χ0) is 15.4. The molecule has 0 aliphatic carbocycles. The first-order valence-corrected chi connectivity index (χ1v) is 7.84. The van der Waals surface area contributed by atoms with Crippen LogP contribution in [0.5, 0.6) is 5.75 Å². The lowest BCUT2D eigenvalue weighted by Gasteiger charge is -2.31. The van der Waals surface area contributed by atoms with Gasteiger partial charge in [0.25, 0.3) is 0 Å². The fraction of sp³-hybridized carbons (Fsp3) is 0.688. The van der Waals surface area contributed by atoms with Gasteiger partial charge in [0.2, 0.25) is 5.43 Å². The van der Waals surface area contributed by atoms with Crippen LogP contribution in [0.1, 0.15) is 44.5 Å². The number of rotatable bonds is 5. The Hall–Kier alpha value is -1.33. The van der Waals surface area contributed by atoms with Crippen molar-refractivity contribution in [3.8, 4) is 5.75 Å². The van der Waals surface area contributed by atoms with E-state index in [1.807, 2.05) is 11.5 Å². The Bertz CT molecular complexity index is 531. The second-order valence-electron chi connectivity index (χ2n) is 6.06. The molecule has 1 fully saturated rings. The lowest BCUT2D eigenvalue weighted by molar-refractivity contribution is 0.177. The molecule has 0 unspecified atom stereocenters. The molecule has 2 heterocycles. The zero-order valence-electron chi connectivity index (χ0n) is 13.0. The van der Waals surface area contributed by atoms with E-state index >= 15 is 0 Å². The molecule has 1 aliphatic heterocycles. The lowest BCUT2D eigenvalue weighted by Crippen LogP contribution is -2.34. The van der Waals surface area contributed by atoms with Gasteiger partial charge in [-0.25, -0.2) is 0 Å². The fourth-order valence-electron chi connectivity index (χ4n) is 2.97. The summed E-state index contributed by atoms with van der Waals surface area (Å²) in [6.07, 6.45) is 3.19. The second-order valence-corrected chi connectivity index (χ2v) is 6.06. The number of hydrogen-bond acceptors (Lipinski definition) is 4. The maximum absolute atomic E-state index is 11.9. The van der Waals surface area contributed by atoms with Crippen LogP contribution in [0, 0.1) is 5.92 Å². The quantitative estimate of drug-likeness (QED) is 0.867. The molecule has 2 rings (SSSR count). The molecular formula is C16H26N2O3. The molecule has 0 spiro atoms. The van der Waals surface area contributed by atoms with Gasteiger partial charge < -0.3 is 14.8 Å². The molecule has 1 aromatic heterocycles. The fourth-order valence-corrected chi connectivity index (χ4v) is 2.97. The molecule has 2 N–H and O–H groups in total. The number of pyridine rings is 1. The van der Waals surface area contributed by atoms with Crippen LogP contribution in [0.15, 0.2) is 10.9 Å². The Labute approximate surface area is 125 Å². The number of nitrogens with zero attached hydrogens (tertiary/aromatic N) is 2. The predicted octanol–water partition coefficient (Wildman–Crippen LogP) is 1.69. The lowest BCUT2D eigenvalue weighted by atomic mass is 9.99. The summed E-state index contributed by atoms with van der Waals surface area (Å²) in [6.45, 7) is 7.37. The van der Waals surface area contributed by atoms with Crippen molar-refractivity contribution in [2.75, 3.05) is 13.1 Å². The highest BCUT2D eigenvalue weighted by Crippen LogP contribution is 2.22. The first-order valence-electron chi connectivity index (χ1n) is 7.84. The highest BCUT2D eigenvalue weighted by molar-refractivity contribution is 5.30. The van der Waals surface area contributed by atoms with E-state index in [1.54, 1.807) is 0 Å². The van der Waals surface area contributed by atoms with Crippen LogP contribution in [-0.4, -0.2) is 32.8 Å². The van der Waals surface area contributed by atoms with E-state index in [0.29, 0.717) is 24.5 Å². The maximum Gasteiger partial charge on any atom is 0.223 e. The molecule has 1 saturated heterocycles. The number of likely N-dealkylation sites (tertiary alicyclic amines) is 1. The SMILES string of the molecule is CCCn1c(CO)cc(=O)c(O)c1CN1CCC(C)CC1. The first kappa shape index (κ1) is 16.0. The van der Waals surface area contributed by atoms with E-state index in [2.05, 4.69) is 11.8 Å². The van der Waals surface area contributed by atoms with E-state index in [1.165, 1.54) is 6.07 Å². The number of piperidine rings is 1. The van der Waals surface area contributed by atoms with E-state index in [9.17, 15) is 15.0 Å². The van der Waals surface area contributed by atoms with Gasteiger partial charge in [-0.2, -0.15) is 0 Å². The molecule has 5 nitrogen and oxygen atoms in total. The molecule has 0 atom stereocenters. The smallest absolute Gasteiger partial charge is 0.223 e. The van der Waals surface area contributed by atoms with Crippen molar-refractivity contribution in [2.24, 2.45) is 5.92 Å². The van der Waals surface area contributed by atoms with Gasteiger partial charge in [0.1, 0.15) is 0 Å². The summed E-state index contributed by atoms with van der Waals surface area (Å²) in [7, 11) is 0. The van der Waals surface area contributed by atoms with Crippen molar-refractivity contribution in [1.29, 1.82) is 0 Å². The van der Waals surface area contributed by atoms with Gasteiger partial charge in [-0.1, -0.05) is 13.8 Å². The minimum atomic E-state index is -0.396. The van der Waals surface area contributed by atoms with E-state index in [-0.39, 0.29) is 12.4 Å². The minimum absolute atomic E-state index is 0.167. The monoisotopic (exact) mass is 294 g/mol. The van der Waals surface area contributed by atoms with E-state index < -0.39 is 5.43 Å². The van der Waals surface area contributed by atoms with E-state index in [4.69, 9.17) is 0 Å². The molecule has 118 valence electrons. The molecule has 0 bridgehead atoms. The second kappa shape index (κ2) is 7.09. The molecule has 0 aromatic carbocycles. The van der Waals surface area contributed by atoms with Crippen molar-refractivity contribution in [1.82, 2.24) is 9.47 Å². The van der Waals surface area contributed by atoms with Gasteiger partial charge in [-0.05, 0) is 38.3 Å². The third-order valence-electron chi connectivity index (χ3n) is 4.34. The molecule has 5 heteroatoms. The van der Waals surface area contributed by atoms with Crippen LogP contribution in [0.2, 0.25) is 0 Å². The Balaban J connectivity index is 2.31. The van der Waals surface area contributed by atoms with Crippen LogP contribution in [-0.2, 0) is 19.7 Å². The predicted molar refractivity (Wildman–Crippen MR) is 82.3 cm³/mol. The van der Waals surface area contributed by atoms with Gasteiger partial charge in [-0.3, -0.25) is 9.69 Å². The van der Waals surface area contributed by atoms with Crippen molar-refractivity contribution >= 4 is 0 Å². The summed E-state index contributed by atoms with van der Waals surface area (Å²) in [5.41, 5.74) is 0.828. The largest absolute Gasteiger partial charge is 0.503 e. The summed E-state index contributed by atoms with van der Waals surface area (Å²) in [4.78, 5) is 14.2. The number of hydrogen-bond donors (Lipinski definition) is 2. The summed E-state index contributed by atoms with van der Waals surface area (Å²) in [5, 5.41) is 19.6. The van der Waals surface area contributed by atoms with Crippen molar-refractivity contribution < 1.29 is 10.2 Å². The van der Waals surface area contributed by atoms with Gasteiger partial charge in [0, 0.05) is 24.8 Å². The molecule has 1 aromatic rings. The van der Waals surface area contributed by atoms with Crippen LogP contribution in [0.3, 0.4) is 0 Å². The van der Waals surface area contributed by atoms with Crippen LogP contribution in [0.4, 0.5) is 0 Å². The van der Waals surface area contributed by atoms with Crippen molar-refractivity contribution in [2.45, 2.75) is 52.8 Å². The van der Waals surface area contributed by atoms with Crippen LogP contribution < -0.4 is 5.43 Å². The summed E-state index contributed by atoms with van der Waals surface area (Å²) in [6, 6.07) is 1.34. The van der Waals surface area contributed by atoms with Crippen LogP contribution in [0.25, 0.3) is 0 Å². The molecule has 0 amide bonds. The average Bonchev–Trinajstić information content (AvgIpc) is 2.48. The average molecular weight is 294 g/mol. The summed E-state index contributed by atoms with van der Waals surface area (Å²) < 4.78 is 1.90. The highest BCUT2D eigenvalue weighted by atomic mass is 16.3.